The van der Waals surface area contributed by atoms with Gasteiger partial charge in [0.15, 0.2) is 11.0 Å². The fraction of sp³-hybridized carbons (Fsp3) is 0.120. The van der Waals surface area contributed by atoms with Gasteiger partial charge in [-0.2, -0.15) is 0 Å². The molecule has 0 aliphatic rings. The molecule has 4 rings (SSSR count). The standard InChI is InChI=1S/C25H22ClN5O2S/c1-17(32)27-19-11-13-20(14-12-19)28-23(33)16-34-25-30-29-24(21-9-5-6-10-22(21)26)31(25)15-18-7-3-2-4-8-18/h2-14H,15-16H2,1H3,(H,27,32)(H,28,33). The summed E-state index contributed by atoms with van der Waals surface area (Å²) in [7, 11) is 0. The van der Waals surface area contributed by atoms with Crippen molar-refractivity contribution in [1.29, 1.82) is 0 Å². The van der Waals surface area contributed by atoms with E-state index in [9.17, 15) is 9.59 Å². The highest BCUT2D eigenvalue weighted by molar-refractivity contribution is 7.99. The zero-order valence-corrected chi connectivity index (χ0v) is 19.9. The second kappa shape index (κ2) is 11.0. The molecule has 172 valence electrons. The summed E-state index contributed by atoms with van der Waals surface area (Å²) in [6.45, 7) is 1.99. The summed E-state index contributed by atoms with van der Waals surface area (Å²) in [6.07, 6.45) is 0. The number of hydrogen-bond donors (Lipinski definition) is 2. The Morgan fingerprint density at radius 3 is 2.21 bits per heavy atom. The molecule has 0 atom stereocenters. The van der Waals surface area contributed by atoms with Crippen molar-refractivity contribution in [2.75, 3.05) is 16.4 Å². The van der Waals surface area contributed by atoms with Crippen molar-refractivity contribution in [3.8, 4) is 11.4 Å². The maximum atomic E-state index is 12.6. The first kappa shape index (κ1) is 23.5. The number of nitrogens with one attached hydrogen (secondary N) is 2. The van der Waals surface area contributed by atoms with Crippen LogP contribution in [-0.2, 0) is 16.1 Å². The number of thioether (sulfide) groups is 1. The van der Waals surface area contributed by atoms with Gasteiger partial charge >= 0.3 is 0 Å². The van der Waals surface area contributed by atoms with E-state index in [4.69, 9.17) is 11.6 Å². The molecule has 1 aromatic heterocycles. The quantitative estimate of drug-likeness (QED) is 0.325. The van der Waals surface area contributed by atoms with E-state index in [1.807, 2.05) is 59.2 Å². The molecule has 1 heterocycles. The van der Waals surface area contributed by atoms with Crippen LogP contribution in [0.1, 0.15) is 12.5 Å². The third-order valence-electron chi connectivity index (χ3n) is 4.84. The van der Waals surface area contributed by atoms with Gasteiger partial charge in [-0.25, -0.2) is 0 Å². The molecule has 2 amide bonds. The van der Waals surface area contributed by atoms with Crippen molar-refractivity contribution in [2.45, 2.75) is 18.6 Å². The predicted octanol–water partition coefficient (Wildman–Crippen LogP) is 5.34. The Labute approximate surface area is 206 Å². The average Bonchev–Trinajstić information content (AvgIpc) is 3.22. The largest absolute Gasteiger partial charge is 0.326 e. The van der Waals surface area contributed by atoms with E-state index in [-0.39, 0.29) is 17.6 Å². The van der Waals surface area contributed by atoms with E-state index in [0.29, 0.717) is 33.9 Å². The van der Waals surface area contributed by atoms with Crippen LogP contribution in [0.15, 0.2) is 84.0 Å². The Morgan fingerprint density at radius 1 is 0.882 bits per heavy atom. The van der Waals surface area contributed by atoms with Gasteiger partial charge in [-0.15, -0.1) is 10.2 Å². The maximum absolute atomic E-state index is 12.6. The average molecular weight is 492 g/mol. The normalized spacial score (nSPS) is 10.6. The molecule has 3 aromatic carbocycles. The van der Waals surface area contributed by atoms with Gasteiger partial charge in [-0.1, -0.05) is 65.8 Å². The van der Waals surface area contributed by atoms with Crippen LogP contribution in [0, 0.1) is 0 Å². The third-order valence-corrected chi connectivity index (χ3v) is 6.13. The second-order valence-electron chi connectivity index (χ2n) is 7.45. The van der Waals surface area contributed by atoms with Gasteiger partial charge in [0.05, 0.1) is 17.3 Å². The Kier molecular flexibility index (Phi) is 7.61. The van der Waals surface area contributed by atoms with E-state index in [0.717, 1.165) is 11.1 Å². The first-order valence-corrected chi connectivity index (χ1v) is 11.9. The van der Waals surface area contributed by atoms with E-state index in [2.05, 4.69) is 20.8 Å². The fourth-order valence-corrected chi connectivity index (χ4v) is 4.27. The lowest BCUT2D eigenvalue weighted by molar-refractivity contribution is -0.114. The highest BCUT2D eigenvalue weighted by atomic mass is 35.5. The topological polar surface area (TPSA) is 88.9 Å². The summed E-state index contributed by atoms with van der Waals surface area (Å²) < 4.78 is 1.97. The van der Waals surface area contributed by atoms with Gasteiger partial charge < -0.3 is 10.6 Å². The number of amides is 2. The SMILES string of the molecule is CC(=O)Nc1ccc(NC(=O)CSc2nnc(-c3ccccc3Cl)n2Cc2ccccc2)cc1. The lowest BCUT2D eigenvalue weighted by Crippen LogP contribution is -2.15. The first-order valence-electron chi connectivity index (χ1n) is 10.5. The Hall–Kier alpha value is -3.62. The highest BCUT2D eigenvalue weighted by Crippen LogP contribution is 2.30. The summed E-state index contributed by atoms with van der Waals surface area (Å²) in [5.41, 5.74) is 3.17. The lowest BCUT2D eigenvalue weighted by atomic mass is 10.2. The van der Waals surface area contributed by atoms with Crippen LogP contribution >= 0.6 is 23.4 Å². The highest BCUT2D eigenvalue weighted by Gasteiger charge is 2.18. The van der Waals surface area contributed by atoms with Gasteiger partial charge in [-0.05, 0) is 42.0 Å². The van der Waals surface area contributed by atoms with Crippen molar-refractivity contribution in [1.82, 2.24) is 14.8 Å². The van der Waals surface area contributed by atoms with Crippen LogP contribution < -0.4 is 10.6 Å². The Bertz CT molecular complexity index is 1290. The number of benzene rings is 3. The van der Waals surface area contributed by atoms with Crippen LogP contribution in [0.5, 0.6) is 0 Å². The van der Waals surface area contributed by atoms with Crippen LogP contribution in [0.25, 0.3) is 11.4 Å². The number of hydrogen-bond acceptors (Lipinski definition) is 5. The second-order valence-corrected chi connectivity index (χ2v) is 8.80. The van der Waals surface area contributed by atoms with Crippen molar-refractivity contribution < 1.29 is 9.59 Å². The number of anilines is 2. The molecule has 0 unspecified atom stereocenters. The maximum Gasteiger partial charge on any atom is 0.234 e. The molecule has 0 fully saturated rings. The van der Waals surface area contributed by atoms with Gasteiger partial charge in [0, 0.05) is 23.9 Å². The molecule has 9 heteroatoms. The molecule has 4 aromatic rings. The molecule has 0 bridgehead atoms. The van der Waals surface area contributed by atoms with Crippen molar-refractivity contribution in [2.24, 2.45) is 0 Å². The fourth-order valence-electron chi connectivity index (χ4n) is 3.31. The summed E-state index contributed by atoms with van der Waals surface area (Å²) >= 11 is 7.73. The zero-order chi connectivity index (χ0) is 23.9. The summed E-state index contributed by atoms with van der Waals surface area (Å²) in [5.74, 6) is 0.476. The summed E-state index contributed by atoms with van der Waals surface area (Å²) in [5, 5.41) is 15.5. The van der Waals surface area contributed by atoms with Crippen LogP contribution in [0.3, 0.4) is 0 Å². The van der Waals surface area contributed by atoms with Crippen molar-refractivity contribution in [3.63, 3.8) is 0 Å². The molecule has 2 N–H and O–H groups in total. The predicted molar refractivity (Wildman–Crippen MR) is 136 cm³/mol. The number of carbonyl (C=O) groups excluding carboxylic acids is 2. The molecule has 0 aliphatic carbocycles. The smallest absolute Gasteiger partial charge is 0.234 e. The molecule has 0 radical (unpaired) electrons. The molecule has 7 nitrogen and oxygen atoms in total. The van der Waals surface area contributed by atoms with Crippen LogP contribution in [0.4, 0.5) is 11.4 Å². The third kappa shape index (κ3) is 6.03. The molecule has 0 spiro atoms. The number of rotatable bonds is 8. The lowest BCUT2D eigenvalue weighted by Gasteiger charge is -2.11. The Morgan fingerprint density at radius 2 is 1.53 bits per heavy atom. The van der Waals surface area contributed by atoms with E-state index in [1.54, 1.807) is 24.3 Å². The number of aromatic nitrogens is 3. The molecule has 0 saturated carbocycles. The van der Waals surface area contributed by atoms with Gasteiger partial charge in [0.1, 0.15) is 0 Å². The Balaban J connectivity index is 1.49. The van der Waals surface area contributed by atoms with Gasteiger partial charge in [-0.3, -0.25) is 14.2 Å². The van der Waals surface area contributed by atoms with E-state index >= 15 is 0 Å². The molecular formula is C25H22ClN5O2S. The minimum atomic E-state index is -0.175. The zero-order valence-electron chi connectivity index (χ0n) is 18.4. The van der Waals surface area contributed by atoms with Crippen molar-refractivity contribution >= 4 is 46.6 Å². The number of halogens is 1. The summed E-state index contributed by atoms with van der Waals surface area (Å²) in [6, 6.07) is 24.4. The number of carbonyl (C=O) groups is 2. The van der Waals surface area contributed by atoms with Crippen LogP contribution in [0.2, 0.25) is 5.02 Å². The molecule has 34 heavy (non-hydrogen) atoms. The van der Waals surface area contributed by atoms with E-state index < -0.39 is 0 Å². The molecule has 0 aliphatic heterocycles. The minimum absolute atomic E-state index is 0.149. The number of nitrogens with zero attached hydrogens (tertiary/aromatic N) is 3. The summed E-state index contributed by atoms with van der Waals surface area (Å²) in [4.78, 5) is 23.7. The van der Waals surface area contributed by atoms with Gasteiger partial charge in [0.25, 0.3) is 0 Å². The van der Waals surface area contributed by atoms with Crippen LogP contribution in [-0.4, -0.2) is 32.3 Å². The molecular weight excluding hydrogens is 470 g/mol. The minimum Gasteiger partial charge on any atom is -0.326 e. The monoisotopic (exact) mass is 491 g/mol. The molecule has 0 saturated heterocycles. The first-order chi connectivity index (χ1) is 16.5. The van der Waals surface area contributed by atoms with Gasteiger partial charge in [0.2, 0.25) is 11.8 Å². The van der Waals surface area contributed by atoms with Crippen molar-refractivity contribution in [3.05, 3.63) is 89.4 Å². The van der Waals surface area contributed by atoms with E-state index in [1.165, 1.54) is 18.7 Å².